The molecule has 0 aliphatic carbocycles. The quantitative estimate of drug-likeness (QED) is 0.707. The lowest BCUT2D eigenvalue weighted by atomic mass is 10.1. The Morgan fingerprint density at radius 1 is 1.36 bits per heavy atom. The second-order valence-corrected chi connectivity index (χ2v) is 9.46. The minimum Gasteiger partial charge on any atom is -0.329 e. The summed E-state index contributed by atoms with van der Waals surface area (Å²) in [6.45, 7) is 0.794. The van der Waals surface area contributed by atoms with Gasteiger partial charge in [-0.3, -0.25) is 0 Å². The van der Waals surface area contributed by atoms with Crippen molar-refractivity contribution >= 4 is 20.2 Å². The Labute approximate surface area is 131 Å². The molecule has 0 fully saturated rings. The number of imidazole rings is 1. The predicted molar refractivity (Wildman–Crippen MR) is 81.7 cm³/mol. The van der Waals surface area contributed by atoms with Gasteiger partial charge in [-0.2, -0.15) is 17.0 Å². The SMILES string of the molecule is CN(C)S(=O)(=O)N1Cc2cncn2C(CCNS(C)(=O)=O)C1. The molecule has 0 radical (unpaired) electrons. The Balaban J connectivity index is 2.16. The summed E-state index contributed by atoms with van der Waals surface area (Å²) < 4.78 is 53.8. The second-order valence-electron chi connectivity index (χ2n) is 5.48. The van der Waals surface area contributed by atoms with Gasteiger partial charge in [0.1, 0.15) is 0 Å². The van der Waals surface area contributed by atoms with E-state index in [0.717, 1.165) is 11.9 Å². The van der Waals surface area contributed by atoms with E-state index < -0.39 is 20.2 Å². The second kappa shape index (κ2) is 6.24. The number of rotatable bonds is 6. The van der Waals surface area contributed by atoms with Crippen molar-refractivity contribution in [2.24, 2.45) is 0 Å². The van der Waals surface area contributed by atoms with Crippen molar-refractivity contribution in [1.29, 1.82) is 0 Å². The van der Waals surface area contributed by atoms with Crippen LogP contribution in [0.2, 0.25) is 0 Å². The Kier molecular flexibility index (Phi) is 4.92. The van der Waals surface area contributed by atoms with Gasteiger partial charge in [-0.1, -0.05) is 0 Å². The van der Waals surface area contributed by atoms with Gasteiger partial charge >= 0.3 is 0 Å². The van der Waals surface area contributed by atoms with Crippen LogP contribution in [0.4, 0.5) is 0 Å². The van der Waals surface area contributed by atoms with E-state index in [1.54, 1.807) is 12.5 Å². The van der Waals surface area contributed by atoms with Gasteiger partial charge in [0, 0.05) is 39.4 Å². The molecule has 11 heteroatoms. The maximum absolute atomic E-state index is 12.3. The van der Waals surface area contributed by atoms with Gasteiger partial charge in [0.15, 0.2) is 0 Å². The fourth-order valence-electron chi connectivity index (χ4n) is 2.40. The highest BCUT2D eigenvalue weighted by Crippen LogP contribution is 2.25. The predicted octanol–water partition coefficient (Wildman–Crippen LogP) is -1.01. The van der Waals surface area contributed by atoms with Gasteiger partial charge in [-0.15, -0.1) is 0 Å². The number of sulfonamides is 1. The molecule has 2 rings (SSSR count). The first-order valence-electron chi connectivity index (χ1n) is 6.74. The van der Waals surface area contributed by atoms with E-state index in [0.29, 0.717) is 6.42 Å². The van der Waals surface area contributed by atoms with Crippen molar-refractivity contribution in [1.82, 2.24) is 22.9 Å². The monoisotopic (exact) mass is 351 g/mol. The Morgan fingerprint density at radius 3 is 2.64 bits per heavy atom. The zero-order valence-corrected chi connectivity index (χ0v) is 14.4. The zero-order valence-electron chi connectivity index (χ0n) is 12.8. The van der Waals surface area contributed by atoms with Crippen molar-refractivity contribution in [3.63, 3.8) is 0 Å². The van der Waals surface area contributed by atoms with E-state index in [4.69, 9.17) is 0 Å². The van der Waals surface area contributed by atoms with Gasteiger partial charge < -0.3 is 4.57 Å². The van der Waals surface area contributed by atoms with Crippen molar-refractivity contribution in [2.45, 2.75) is 19.0 Å². The molecular weight excluding hydrogens is 330 g/mol. The lowest BCUT2D eigenvalue weighted by Gasteiger charge is -2.35. The van der Waals surface area contributed by atoms with E-state index in [1.165, 1.54) is 22.7 Å². The van der Waals surface area contributed by atoms with E-state index in [9.17, 15) is 16.8 Å². The van der Waals surface area contributed by atoms with Gasteiger partial charge in [0.05, 0.1) is 24.8 Å². The fraction of sp³-hybridized carbons (Fsp3) is 0.727. The molecule has 9 nitrogen and oxygen atoms in total. The normalized spacial score (nSPS) is 20.3. The number of hydrogen-bond donors (Lipinski definition) is 1. The lowest BCUT2D eigenvalue weighted by Crippen LogP contribution is -2.46. The van der Waals surface area contributed by atoms with Crippen molar-refractivity contribution in [2.75, 3.05) is 33.4 Å². The summed E-state index contributed by atoms with van der Waals surface area (Å²) in [5, 5.41) is 0. The Hall–Kier alpha value is -1.01. The molecule has 0 saturated heterocycles. The number of fused-ring (bicyclic) bond motifs is 1. The summed E-state index contributed by atoms with van der Waals surface area (Å²) in [5.74, 6) is 0. The average Bonchev–Trinajstić information content (AvgIpc) is 2.85. The molecule has 1 atom stereocenters. The third-order valence-electron chi connectivity index (χ3n) is 3.52. The number of nitrogens with one attached hydrogen (secondary N) is 1. The maximum atomic E-state index is 12.3. The molecule has 0 aromatic carbocycles. The van der Waals surface area contributed by atoms with Crippen LogP contribution in [0.1, 0.15) is 18.2 Å². The van der Waals surface area contributed by atoms with Crippen LogP contribution in [0, 0.1) is 0 Å². The summed E-state index contributed by atoms with van der Waals surface area (Å²) >= 11 is 0. The van der Waals surface area contributed by atoms with Gasteiger partial charge in [0.25, 0.3) is 10.2 Å². The topological polar surface area (TPSA) is 105 Å². The third-order valence-corrected chi connectivity index (χ3v) is 6.10. The lowest BCUT2D eigenvalue weighted by molar-refractivity contribution is 0.262. The summed E-state index contributed by atoms with van der Waals surface area (Å²) in [4.78, 5) is 4.06. The minimum absolute atomic E-state index is 0.157. The Morgan fingerprint density at radius 2 is 2.05 bits per heavy atom. The summed E-state index contributed by atoms with van der Waals surface area (Å²) in [7, 11) is -3.80. The summed E-state index contributed by atoms with van der Waals surface area (Å²) in [6.07, 6.45) is 4.86. The molecule has 1 aromatic heterocycles. The van der Waals surface area contributed by atoms with Crippen LogP contribution in [0.25, 0.3) is 0 Å². The molecule has 126 valence electrons. The van der Waals surface area contributed by atoms with Crippen LogP contribution in [0.15, 0.2) is 12.5 Å². The highest BCUT2D eigenvalue weighted by Gasteiger charge is 2.33. The highest BCUT2D eigenvalue weighted by atomic mass is 32.2. The van der Waals surface area contributed by atoms with E-state index in [2.05, 4.69) is 9.71 Å². The Bertz CT molecular complexity index is 725. The molecule has 1 aliphatic heterocycles. The number of nitrogens with zero attached hydrogens (tertiary/aromatic N) is 4. The molecule has 0 saturated carbocycles. The third kappa shape index (κ3) is 3.84. The molecule has 2 heterocycles. The number of aromatic nitrogens is 2. The van der Waals surface area contributed by atoms with Crippen LogP contribution in [-0.2, 0) is 26.8 Å². The molecule has 0 spiro atoms. The van der Waals surface area contributed by atoms with Crippen molar-refractivity contribution in [3.8, 4) is 0 Å². The largest absolute Gasteiger partial charge is 0.329 e. The number of hydrogen-bond acceptors (Lipinski definition) is 5. The molecule has 0 bridgehead atoms. The van der Waals surface area contributed by atoms with Crippen LogP contribution < -0.4 is 4.72 Å². The molecular formula is C11H21N5O4S2. The van der Waals surface area contributed by atoms with Gasteiger partial charge in [-0.05, 0) is 6.42 Å². The van der Waals surface area contributed by atoms with Crippen molar-refractivity contribution < 1.29 is 16.8 Å². The van der Waals surface area contributed by atoms with E-state index in [1.807, 2.05) is 4.57 Å². The fourth-order valence-corrected chi connectivity index (χ4v) is 4.01. The first kappa shape index (κ1) is 17.3. The standard InChI is InChI=1S/C11H21N5O4S2/c1-14(2)22(19,20)15-7-10(4-5-13-21(3,17)18)16-9-12-6-11(16)8-15/h6,9-10,13H,4-5,7-8H2,1-3H3. The summed E-state index contributed by atoms with van der Waals surface area (Å²) in [6, 6.07) is -0.157. The van der Waals surface area contributed by atoms with Crippen LogP contribution in [0.3, 0.4) is 0 Å². The average molecular weight is 351 g/mol. The molecule has 1 aromatic rings. The van der Waals surface area contributed by atoms with E-state index >= 15 is 0 Å². The van der Waals surface area contributed by atoms with E-state index in [-0.39, 0.29) is 25.7 Å². The van der Waals surface area contributed by atoms with Crippen LogP contribution in [-0.4, -0.2) is 68.4 Å². The molecule has 1 unspecified atom stereocenters. The molecule has 1 N–H and O–H groups in total. The first-order valence-corrected chi connectivity index (χ1v) is 10.0. The maximum Gasteiger partial charge on any atom is 0.281 e. The van der Waals surface area contributed by atoms with Gasteiger partial charge in [0.2, 0.25) is 10.0 Å². The van der Waals surface area contributed by atoms with Gasteiger partial charge in [-0.25, -0.2) is 18.1 Å². The summed E-state index contributed by atoms with van der Waals surface area (Å²) in [5.41, 5.74) is 0.793. The minimum atomic E-state index is -3.52. The van der Waals surface area contributed by atoms with Crippen LogP contribution >= 0.6 is 0 Å². The molecule has 1 aliphatic rings. The molecule has 22 heavy (non-hydrogen) atoms. The zero-order chi connectivity index (χ0) is 16.5. The molecule has 0 amide bonds. The van der Waals surface area contributed by atoms with Crippen molar-refractivity contribution in [3.05, 3.63) is 18.2 Å². The highest BCUT2D eigenvalue weighted by molar-refractivity contribution is 7.88. The first-order chi connectivity index (χ1) is 10.1. The smallest absolute Gasteiger partial charge is 0.281 e. The van der Waals surface area contributed by atoms with Crippen LogP contribution in [0.5, 0.6) is 0 Å².